The third kappa shape index (κ3) is 7.75. The number of nitrogens with zero attached hydrogens (tertiary/aromatic N) is 2. The van der Waals surface area contributed by atoms with Gasteiger partial charge in [-0.25, -0.2) is 0 Å². The number of ether oxygens (including phenoxy) is 1. The first-order valence-corrected chi connectivity index (χ1v) is 9.10. The van der Waals surface area contributed by atoms with Crippen molar-refractivity contribution >= 4 is 35.8 Å². The van der Waals surface area contributed by atoms with Crippen molar-refractivity contribution in [2.24, 2.45) is 4.99 Å². The predicted octanol–water partition coefficient (Wildman–Crippen LogP) is 3.14. The van der Waals surface area contributed by atoms with E-state index in [0.717, 1.165) is 17.3 Å². The van der Waals surface area contributed by atoms with Crippen LogP contribution in [0, 0.1) is 0 Å². The second-order valence-corrected chi connectivity index (χ2v) is 6.04. The summed E-state index contributed by atoms with van der Waals surface area (Å²) in [5.74, 6) is 1.57. The van der Waals surface area contributed by atoms with Gasteiger partial charge in [-0.05, 0) is 36.8 Å². The Morgan fingerprint density at radius 2 is 1.86 bits per heavy atom. The fourth-order valence-corrected chi connectivity index (χ4v) is 2.57. The Bertz CT molecular complexity index is 753. The molecule has 7 heteroatoms. The molecule has 0 heterocycles. The van der Waals surface area contributed by atoms with Crippen molar-refractivity contribution in [3.63, 3.8) is 0 Å². The second kappa shape index (κ2) is 13.0. The molecule has 0 aliphatic heterocycles. The van der Waals surface area contributed by atoms with Crippen LogP contribution in [-0.4, -0.2) is 50.6 Å². The molecule has 0 fully saturated rings. The Balaban J connectivity index is 0.00000392. The summed E-state index contributed by atoms with van der Waals surface area (Å²) in [7, 11) is 3.72. The van der Waals surface area contributed by atoms with Crippen LogP contribution in [0.3, 0.4) is 0 Å². The summed E-state index contributed by atoms with van der Waals surface area (Å²) >= 11 is 0. The molecular weight excluding hydrogens is 467 g/mol. The van der Waals surface area contributed by atoms with Crippen LogP contribution in [0.25, 0.3) is 0 Å². The average molecular weight is 496 g/mol. The highest BCUT2D eigenvalue weighted by atomic mass is 127. The molecule has 0 aliphatic rings. The highest BCUT2D eigenvalue weighted by Crippen LogP contribution is 2.08. The Hall–Kier alpha value is -2.29. The van der Waals surface area contributed by atoms with Gasteiger partial charge in [0.25, 0.3) is 5.91 Å². The summed E-state index contributed by atoms with van der Waals surface area (Å²) < 4.78 is 5.73. The van der Waals surface area contributed by atoms with E-state index in [2.05, 4.69) is 15.6 Å². The molecule has 0 aliphatic carbocycles. The average Bonchev–Trinajstić information content (AvgIpc) is 2.69. The molecule has 0 saturated heterocycles. The van der Waals surface area contributed by atoms with Crippen LogP contribution in [0.1, 0.15) is 22.8 Å². The number of hydrogen-bond donors (Lipinski definition) is 2. The summed E-state index contributed by atoms with van der Waals surface area (Å²) in [6.07, 6.45) is 0. The molecule has 1 amide bonds. The van der Waals surface area contributed by atoms with Crippen molar-refractivity contribution < 1.29 is 9.53 Å². The van der Waals surface area contributed by atoms with Gasteiger partial charge in [0, 0.05) is 32.7 Å². The van der Waals surface area contributed by atoms with Crippen LogP contribution in [0.15, 0.2) is 59.6 Å². The van der Waals surface area contributed by atoms with Gasteiger partial charge in [-0.15, -0.1) is 24.0 Å². The molecule has 2 rings (SSSR count). The molecule has 0 atom stereocenters. The lowest BCUT2D eigenvalue weighted by Crippen LogP contribution is -2.40. The molecule has 2 aromatic carbocycles. The molecule has 152 valence electrons. The Labute approximate surface area is 184 Å². The summed E-state index contributed by atoms with van der Waals surface area (Å²) in [5.41, 5.74) is 1.68. The van der Waals surface area contributed by atoms with E-state index in [1.807, 2.05) is 73.5 Å². The van der Waals surface area contributed by atoms with Crippen LogP contribution in [0.2, 0.25) is 0 Å². The maximum Gasteiger partial charge on any atom is 0.251 e. The fraction of sp³-hybridized carbons (Fsp3) is 0.333. The van der Waals surface area contributed by atoms with Gasteiger partial charge in [-0.3, -0.25) is 9.79 Å². The number of halogens is 1. The van der Waals surface area contributed by atoms with E-state index in [1.54, 1.807) is 7.05 Å². The van der Waals surface area contributed by atoms with Crippen LogP contribution in [0.5, 0.6) is 5.75 Å². The van der Waals surface area contributed by atoms with Gasteiger partial charge in [-0.1, -0.05) is 30.3 Å². The zero-order valence-electron chi connectivity index (χ0n) is 16.6. The molecule has 0 saturated carbocycles. The quantitative estimate of drug-likeness (QED) is 0.335. The standard InChI is InChI=1S/C21H28N4O2.HI/c1-4-23-20(26)18-10-8-9-17(15-18)16-24-21(22-2)25(3)13-14-27-19-11-6-5-7-12-19;/h5-12,15H,4,13-14,16H2,1-3H3,(H,22,24)(H,23,26);1H. The van der Waals surface area contributed by atoms with E-state index < -0.39 is 0 Å². The molecule has 0 unspecified atom stereocenters. The molecular formula is C21H29IN4O2. The van der Waals surface area contributed by atoms with Crippen molar-refractivity contribution in [3.8, 4) is 5.75 Å². The number of aliphatic imine (C=N–C) groups is 1. The van der Waals surface area contributed by atoms with E-state index in [4.69, 9.17) is 4.74 Å². The van der Waals surface area contributed by atoms with Gasteiger partial charge in [0.1, 0.15) is 12.4 Å². The van der Waals surface area contributed by atoms with Gasteiger partial charge in [-0.2, -0.15) is 0 Å². The second-order valence-electron chi connectivity index (χ2n) is 6.04. The van der Waals surface area contributed by atoms with E-state index >= 15 is 0 Å². The molecule has 2 aromatic rings. The highest BCUT2D eigenvalue weighted by Gasteiger charge is 2.08. The van der Waals surface area contributed by atoms with Crippen LogP contribution in [-0.2, 0) is 6.54 Å². The number of likely N-dealkylation sites (N-methyl/N-ethyl adjacent to an activating group) is 1. The van der Waals surface area contributed by atoms with E-state index in [0.29, 0.717) is 31.8 Å². The molecule has 0 spiro atoms. The Morgan fingerprint density at radius 3 is 2.54 bits per heavy atom. The van der Waals surface area contributed by atoms with Gasteiger partial charge in [0.2, 0.25) is 0 Å². The van der Waals surface area contributed by atoms with Gasteiger partial charge in [0.15, 0.2) is 5.96 Å². The number of hydrogen-bond acceptors (Lipinski definition) is 3. The number of nitrogens with one attached hydrogen (secondary N) is 2. The van der Waals surface area contributed by atoms with Crippen LogP contribution >= 0.6 is 24.0 Å². The topological polar surface area (TPSA) is 66.0 Å². The van der Waals surface area contributed by atoms with Crippen molar-refractivity contribution in [2.45, 2.75) is 13.5 Å². The Morgan fingerprint density at radius 1 is 1.11 bits per heavy atom. The number of para-hydroxylation sites is 1. The van der Waals surface area contributed by atoms with Crippen LogP contribution < -0.4 is 15.4 Å². The van der Waals surface area contributed by atoms with Crippen LogP contribution in [0.4, 0.5) is 0 Å². The minimum absolute atomic E-state index is 0. The first kappa shape index (κ1) is 23.7. The monoisotopic (exact) mass is 496 g/mol. The predicted molar refractivity (Wildman–Crippen MR) is 125 cm³/mol. The largest absolute Gasteiger partial charge is 0.492 e. The fourth-order valence-electron chi connectivity index (χ4n) is 2.57. The van der Waals surface area contributed by atoms with Gasteiger partial charge in [0.05, 0.1) is 6.54 Å². The first-order valence-electron chi connectivity index (χ1n) is 9.10. The van der Waals surface area contributed by atoms with Crippen molar-refractivity contribution in [2.75, 3.05) is 33.8 Å². The van der Waals surface area contributed by atoms with Gasteiger partial charge >= 0.3 is 0 Å². The summed E-state index contributed by atoms with van der Waals surface area (Å²) in [4.78, 5) is 18.3. The smallest absolute Gasteiger partial charge is 0.251 e. The molecule has 28 heavy (non-hydrogen) atoms. The van der Waals surface area contributed by atoms with E-state index in [-0.39, 0.29) is 29.9 Å². The van der Waals surface area contributed by atoms with E-state index in [9.17, 15) is 4.79 Å². The lowest BCUT2D eigenvalue weighted by Gasteiger charge is -2.22. The lowest BCUT2D eigenvalue weighted by molar-refractivity contribution is 0.0955. The SMILES string of the molecule is CCNC(=O)c1cccc(CNC(=NC)N(C)CCOc2ccccc2)c1.I. The number of carbonyl (C=O) groups excluding carboxylic acids is 1. The zero-order valence-corrected chi connectivity index (χ0v) is 19.0. The maximum atomic E-state index is 12.0. The number of benzene rings is 2. The van der Waals surface area contributed by atoms with Crippen molar-refractivity contribution in [3.05, 3.63) is 65.7 Å². The third-order valence-electron chi connectivity index (χ3n) is 3.99. The third-order valence-corrected chi connectivity index (χ3v) is 3.99. The molecule has 2 N–H and O–H groups in total. The Kier molecular flexibility index (Phi) is 11.0. The molecule has 6 nitrogen and oxygen atoms in total. The number of amides is 1. The van der Waals surface area contributed by atoms with Gasteiger partial charge < -0.3 is 20.3 Å². The van der Waals surface area contributed by atoms with Crippen molar-refractivity contribution in [1.82, 2.24) is 15.5 Å². The molecule has 0 aromatic heterocycles. The molecule has 0 bridgehead atoms. The number of carbonyl (C=O) groups is 1. The lowest BCUT2D eigenvalue weighted by atomic mass is 10.1. The van der Waals surface area contributed by atoms with Crippen molar-refractivity contribution in [1.29, 1.82) is 0 Å². The maximum absolute atomic E-state index is 12.0. The summed E-state index contributed by atoms with van der Waals surface area (Å²) in [5, 5.41) is 6.14. The first-order chi connectivity index (χ1) is 13.1. The minimum Gasteiger partial charge on any atom is -0.492 e. The summed E-state index contributed by atoms with van der Waals surface area (Å²) in [6, 6.07) is 17.3. The minimum atomic E-state index is -0.0566. The number of rotatable bonds is 8. The molecule has 0 radical (unpaired) electrons. The normalized spacial score (nSPS) is 10.6. The zero-order chi connectivity index (χ0) is 19.5. The van der Waals surface area contributed by atoms with E-state index in [1.165, 1.54) is 0 Å². The highest BCUT2D eigenvalue weighted by molar-refractivity contribution is 14.0. The summed E-state index contributed by atoms with van der Waals surface area (Å²) in [6.45, 7) is 4.37. The number of guanidine groups is 1.